The molecule has 1 heterocycles. The number of amides is 4. The van der Waals surface area contributed by atoms with Crippen molar-refractivity contribution >= 4 is 17.8 Å². The quantitative estimate of drug-likeness (QED) is 0.638. The zero-order chi connectivity index (χ0) is 13.1. The molecule has 5 nitrogen and oxygen atoms in total. The molecule has 1 aromatic rings. The predicted molar refractivity (Wildman–Crippen MR) is 64.6 cm³/mol. The molecule has 5 heteroatoms. The van der Waals surface area contributed by atoms with Gasteiger partial charge in [0.2, 0.25) is 0 Å². The molecular weight excluding hydrogens is 232 g/mol. The highest BCUT2D eigenvalue weighted by molar-refractivity contribution is 6.44. The van der Waals surface area contributed by atoms with Gasteiger partial charge in [0.1, 0.15) is 0 Å². The number of rotatable bonds is 4. The number of aryl methyl sites for hydroxylation is 1. The summed E-state index contributed by atoms with van der Waals surface area (Å²) >= 11 is 0. The average Bonchev–Trinajstić information content (AvgIpc) is 2.62. The number of carbonyl (C=O) groups is 3. The molecule has 1 aromatic carbocycles. The molecule has 0 aliphatic carbocycles. The Hall–Kier alpha value is -2.17. The van der Waals surface area contributed by atoms with E-state index in [0.717, 1.165) is 16.9 Å². The molecule has 0 aromatic heterocycles. The lowest BCUT2D eigenvalue weighted by molar-refractivity contribution is -0.141. The van der Waals surface area contributed by atoms with E-state index in [-0.39, 0.29) is 6.04 Å². The molecular formula is C13H14N2O3. The molecule has 1 unspecified atom stereocenters. The van der Waals surface area contributed by atoms with Crippen molar-refractivity contribution in [2.75, 3.05) is 0 Å². The Morgan fingerprint density at radius 2 is 1.83 bits per heavy atom. The summed E-state index contributed by atoms with van der Waals surface area (Å²) in [6, 6.07) is 8.89. The van der Waals surface area contributed by atoms with Gasteiger partial charge in [0.15, 0.2) is 0 Å². The van der Waals surface area contributed by atoms with E-state index in [2.05, 4.69) is 0 Å². The maximum Gasteiger partial charge on any atom is 0.331 e. The number of urea groups is 1. The molecule has 4 amide bonds. The van der Waals surface area contributed by atoms with Crippen molar-refractivity contribution in [3.63, 3.8) is 0 Å². The zero-order valence-corrected chi connectivity index (χ0v) is 10.1. The predicted octanol–water partition coefficient (Wildman–Crippen LogP) is 1.09. The van der Waals surface area contributed by atoms with E-state index in [1.54, 1.807) is 6.92 Å². The van der Waals surface area contributed by atoms with Crippen LogP contribution in [0.4, 0.5) is 4.79 Å². The second-order valence-corrected chi connectivity index (χ2v) is 4.31. The highest BCUT2D eigenvalue weighted by Gasteiger charge is 2.39. The third-order valence-corrected chi connectivity index (χ3v) is 2.99. The summed E-state index contributed by atoms with van der Waals surface area (Å²) in [6.45, 7) is 1.76. The molecule has 1 aliphatic rings. The second kappa shape index (κ2) is 5.00. The van der Waals surface area contributed by atoms with Crippen LogP contribution in [0.15, 0.2) is 30.3 Å². The van der Waals surface area contributed by atoms with Crippen LogP contribution in [-0.2, 0) is 16.0 Å². The molecule has 94 valence electrons. The molecule has 1 N–H and O–H groups in total. The van der Waals surface area contributed by atoms with E-state index in [0.29, 0.717) is 6.42 Å². The van der Waals surface area contributed by atoms with Crippen molar-refractivity contribution in [3.8, 4) is 0 Å². The molecule has 0 saturated carbocycles. The third-order valence-electron chi connectivity index (χ3n) is 2.99. The van der Waals surface area contributed by atoms with Gasteiger partial charge in [0.05, 0.1) is 0 Å². The maximum absolute atomic E-state index is 11.5. The Morgan fingerprint density at radius 3 is 2.39 bits per heavy atom. The van der Waals surface area contributed by atoms with Crippen LogP contribution in [0.1, 0.15) is 18.9 Å². The van der Waals surface area contributed by atoms with Crippen molar-refractivity contribution in [3.05, 3.63) is 35.9 Å². The van der Waals surface area contributed by atoms with Crippen LogP contribution in [0.2, 0.25) is 0 Å². The van der Waals surface area contributed by atoms with Crippen LogP contribution in [0.5, 0.6) is 0 Å². The molecule has 2 rings (SSSR count). The van der Waals surface area contributed by atoms with Gasteiger partial charge in [0, 0.05) is 6.04 Å². The topological polar surface area (TPSA) is 66.5 Å². The molecule has 0 radical (unpaired) electrons. The molecule has 0 spiro atoms. The van der Waals surface area contributed by atoms with Gasteiger partial charge < -0.3 is 0 Å². The van der Waals surface area contributed by atoms with E-state index in [1.807, 2.05) is 35.6 Å². The highest BCUT2D eigenvalue weighted by Crippen LogP contribution is 2.13. The molecule has 18 heavy (non-hydrogen) atoms. The van der Waals surface area contributed by atoms with Crippen LogP contribution < -0.4 is 5.32 Å². The summed E-state index contributed by atoms with van der Waals surface area (Å²) in [5.74, 6) is -1.60. The Balaban J connectivity index is 1.96. The summed E-state index contributed by atoms with van der Waals surface area (Å²) < 4.78 is 0. The van der Waals surface area contributed by atoms with Crippen LogP contribution >= 0.6 is 0 Å². The first-order valence-electron chi connectivity index (χ1n) is 5.82. The van der Waals surface area contributed by atoms with Gasteiger partial charge in [-0.1, -0.05) is 30.3 Å². The minimum absolute atomic E-state index is 0.288. The maximum atomic E-state index is 11.5. The van der Waals surface area contributed by atoms with Gasteiger partial charge in [0.25, 0.3) is 0 Å². The average molecular weight is 246 g/mol. The number of nitrogens with one attached hydrogen (secondary N) is 1. The van der Waals surface area contributed by atoms with Crippen molar-refractivity contribution in [1.29, 1.82) is 0 Å². The summed E-state index contributed by atoms with van der Waals surface area (Å²) in [7, 11) is 0. The first kappa shape index (κ1) is 12.3. The Bertz CT molecular complexity index is 484. The first-order chi connectivity index (χ1) is 8.59. The normalized spacial score (nSPS) is 16.9. The lowest BCUT2D eigenvalue weighted by Gasteiger charge is -2.20. The fourth-order valence-corrected chi connectivity index (χ4v) is 1.96. The molecule has 0 bridgehead atoms. The number of benzene rings is 1. The van der Waals surface area contributed by atoms with Gasteiger partial charge in [-0.3, -0.25) is 19.8 Å². The summed E-state index contributed by atoms with van der Waals surface area (Å²) in [5.41, 5.74) is 1.14. The number of nitrogens with zero attached hydrogens (tertiary/aromatic N) is 1. The first-order valence-corrected chi connectivity index (χ1v) is 5.82. The standard InChI is InChI=1S/C13H14N2O3/c1-9(7-8-10-5-3-2-4-6-10)15-12(17)11(16)14-13(15)18/h2-6,9H,7-8H2,1H3,(H,14,16,18). The smallest absolute Gasteiger partial charge is 0.269 e. The van der Waals surface area contributed by atoms with Gasteiger partial charge in [-0.2, -0.15) is 0 Å². The highest BCUT2D eigenvalue weighted by atomic mass is 16.2. The van der Waals surface area contributed by atoms with Crippen molar-refractivity contribution < 1.29 is 14.4 Å². The van der Waals surface area contributed by atoms with Crippen molar-refractivity contribution in [1.82, 2.24) is 10.2 Å². The Morgan fingerprint density at radius 1 is 1.17 bits per heavy atom. The van der Waals surface area contributed by atoms with E-state index in [9.17, 15) is 14.4 Å². The van der Waals surface area contributed by atoms with Crippen LogP contribution in [-0.4, -0.2) is 28.8 Å². The van der Waals surface area contributed by atoms with E-state index in [1.165, 1.54) is 0 Å². The molecule has 1 atom stereocenters. The number of hydrogen-bond donors (Lipinski definition) is 1. The summed E-state index contributed by atoms with van der Waals surface area (Å²) in [5, 5.41) is 1.99. The largest absolute Gasteiger partial charge is 0.331 e. The van der Waals surface area contributed by atoms with Gasteiger partial charge in [-0.15, -0.1) is 0 Å². The fraction of sp³-hybridized carbons (Fsp3) is 0.308. The minimum atomic E-state index is -0.841. The minimum Gasteiger partial charge on any atom is -0.269 e. The Labute approximate surface area is 105 Å². The van der Waals surface area contributed by atoms with Crippen molar-refractivity contribution in [2.24, 2.45) is 0 Å². The van der Waals surface area contributed by atoms with Gasteiger partial charge in [-0.25, -0.2) is 4.79 Å². The monoisotopic (exact) mass is 246 g/mol. The summed E-state index contributed by atoms with van der Waals surface area (Å²) in [6.07, 6.45) is 1.39. The van der Waals surface area contributed by atoms with Crippen LogP contribution in [0.25, 0.3) is 0 Å². The third kappa shape index (κ3) is 2.40. The number of hydrogen-bond acceptors (Lipinski definition) is 3. The fourth-order valence-electron chi connectivity index (χ4n) is 1.96. The van der Waals surface area contributed by atoms with E-state index < -0.39 is 17.8 Å². The van der Waals surface area contributed by atoms with E-state index in [4.69, 9.17) is 0 Å². The Kier molecular flexibility index (Phi) is 3.41. The van der Waals surface area contributed by atoms with Crippen LogP contribution in [0, 0.1) is 0 Å². The molecule has 1 saturated heterocycles. The summed E-state index contributed by atoms with van der Waals surface area (Å²) in [4.78, 5) is 34.9. The SMILES string of the molecule is CC(CCc1ccccc1)N1C(=O)NC(=O)C1=O. The number of imide groups is 2. The molecule has 1 aliphatic heterocycles. The number of carbonyl (C=O) groups excluding carboxylic acids is 3. The van der Waals surface area contributed by atoms with E-state index >= 15 is 0 Å². The molecule has 1 fully saturated rings. The van der Waals surface area contributed by atoms with Gasteiger partial charge >= 0.3 is 17.8 Å². The lowest BCUT2D eigenvalue weighted by atomic mass is 10.1. The van der Waals surface area contributed by atoms with Gasteiger partial charge in [-0.05, 0) is 25.3 Å². The lowest BCUT2D eigenvalue weighted by Crippen LogP contribution is -2.39. The van der Waals surface area contributed by atoms with Crippen LogP contribution in [0.3, 0.4) is 0 Å². The second-order valence-electron chi connectivity index (χ2n) is 4.31. The zero-order valence-electron chi connectivity index (χ0n) is 10.1. The van der Waals surface area contributed by atoms with Crippen molar-refractivity contribution in [2.45, 2.75) is 25.8 Å².